The number of hydrogen-bond acceptors (Lipinski definition) is 6. The summed E-state index contributed by atoms with van der Waals surface area (Å²) in [5, 5.41) is 15.1. The zero-order chi connectivity index (χ0) is 21.2. The van der Waals surface area contributed by atoms with E-state index in [0.29, 0.717) is 17.5 Å². The largest absolute Gasteiger partial charge is 0.360 e. The minimum Gasteiger partial charge on any atom is -0.360 e. The first-order valence-electron chi connectivity index (χ1n) is 10.3. The van der Waals surface area contributed by atoms with Crippen molar-refractivity contribution in [1.82, 2.24) is 29.9 Å². The molecule has 0 aliphatic rings. The standard InChI is InChI=1S/C23H22N6OS/c1-3-8-21-25-20(28-30-21)14-31-23-27-26-22(29(23)19-12-7-4-9-15(19)2)17-13-24-18-11-6-5-10-16(17)18/h4-7,9-13,24H,3,8,14H2,1-2H3. The molecule has 2 aromatic carbocycles. The van der Waals surface area contributed by atoms with Gasteiger partial charge in [0.25, 0.3) is 0 Å². The summed E-state index contributed by atoms with van der Waals surface area (Å²) < 4.78 is 7.43. The highest BCUT2D eigenvalue weighted by atomic mass is 32.2. The third kappa shape index (κ3) is 3.74. The Morgan fingerprint density at radius 2 is 1.90 bits per heavy atom. The van der Waals surface area contributed by atoms with Gasteiger partial charge in [-0.15, -0.1) is 10.2 Å². The number of nitrogens with zero attached hydrogens (tertiary/aromatic N) is 5. The molecule has 0 bridgehead atoms. The van der Waals surface area contributed by atoms with Crippen LogP contribution in [0.15, 0.2) is 64.4 Å². The van der Waals surface area contributed by atoms with Gasteiger partial charge in [-0.1, -0.05) is 60.2 Å². The predicted molar refractivity (Wildman–Crippen MR) is 121 cm³/mol. The lowest BCUT2D eigenvalue weighted by Crippen LogP contribution is -2.02. The minimum absolute atomic E-state index is 0.561. The first-order chi connectivity index (χ1) is 15.2. The van der Waals surface area contributed by atoms with Gasteiger partial charge in [0.2, 0.25) is 5.89 Å². The topological polar surface area (TPSA) is 85.4 Å². The highest BCUT2D eigenvalue weighted by molar-refractivity contribution is 7.98. The Kier molecular flexibility index (Phi) is 5.30. The Bertz CT molecular complexity index is 1330. The zero-order valence-corrected chi connectivity index (χ0v) is 18.2. The number of aromatic nitrogens is 6. The van der Waals surface area contributed by atoms with Gasteiger partial charge >= 0.3 is 0 Å². The summed E-state index contributed by atoms with van der Waals surface area (Å²) in [4.78, 5) is 7.81. The third-order valence-corrected chi connectivity index (χ3v) is 6.05. The van der Waals surface area contributed by atoms with Crippen molar-refractivity contribution in [3.8, 4) is 17.1 Å². The molecule has 3 heterocycles. The molecule has 0 aliphatic carbocycles. The molecule has 0 spiro atoms. The lowest BCUT2D eigenvalue weighted by Gasteiger charge is -2.12. The summed E-state index contributed by atoms with van der Waals surface area (Å²) >= 11 is 1.55. The number of aryl methyl sites for hydroxylation is 2. The van der Waals surface area contributed by atoms with E-state index in [0.717, 1.165) is 51.5 Å². The fourth-order valence-electron chi connectivity index (χ4n) is 3.62. The van der Waals surface area contributed by atoms with Crippen LogP contribution in [0, 0.1) is 6.92 Å². The van der Waals surface area contributed by atoms with Crippen molar-refractivity contribution < 1.29 is 4.52 Å². The second-order valence-corrected chi connectivity index (χ2v) is 8.26. The van der Waals surface area contributed by atoms with E-state index in [1.54, 1.807) is 11.8 Å². The van der Waals surface area contributed by atoms with E-state index in [4.69, 9.17) is 4.52 Å². The van der Waals surface area contributed by atoms with Crippen LogP contribution in [0.5, 0.6) is 0 Å². The molecule has 8 heteroatoms. The van der Waals surface area contributed by atoms with Crippen molar-refractivity contribution in [2.75, 3.05) is 0 Å². The van der Waals surface area contributed by atoms with Crippen molar-refractivity contribution in [2.45, 2.75) is 37.6 Å². The Morgan fingerprint density at radius 1 is 1.06 bits per heavy atom. The van der Waals surface area contributed by atoms with E-state index < -0.39 is 0 Å². The van der Waals surface area contributed by atoms with Crippen molar-refractivity contribution in [3.05, 3.63) is 72.0 Å². The molecule has 0 amide bonds. The molecule has 0 saturated heterocycles. The maximum Gasteiger partial charge on any atom is 0.226 e. The molecule has 5 rings (SSSR count). The van der Waals surface area contributed by atoms with Crippen LogP contribution in [0.25, 0.3) is 28.0 Å². The van der Waals surface area contributed by atoms with Crippen molar-refractivity contribution in [1.29, 1.82) is 0 Å². The van der Waals surface area contributed by atoms with Crippen LogP contribution in [0.2, 0.25) is 0 Å². The van der Waals surface area contributed by atoms with Gasteiger partial charge in [0.15, 0.2) is 16.8 Å². The summed E-state index contributed by atoms with van der Waals surface area (Å²) in [7, 11) is 0. The predicted octanol–water partition coefficient (Wildman–Crippen LogP) is 5.35. The summed E-state index contributed by atoms with van der Waals surface area (Å²) in [6.07, 6.45) is 3.76. The molecule has 0 fully saturated rings. The van der Waals surface area contributed by atoms with Gasteiger partial charge in [0.1, 0.15) is 0 Å². The lowest BCUT2D eigenvalue weighted by molar-refractivity contribution is 0.373. The summed E-state index contributed by atoms with van der Waals surface area (Å²) in [6.45, 7) is 4.19. The van der Waals surface area contributed by atoms with Gasteiger partial charge in [-0.3, -0.25) is 4.57 Å². The van der Waals surface area contributed by atoms with E-state index in [-0.39, 0.29) is 0 Å². The number of nitrogens with one attached hydrogen (secondary N) is 1. The Balaban J connectivity index is 1.56. The number of fused-ring (bicyclic) bond motifs is 1. The lowest BCUT2D eigenvalue weighted by atomic mass is 10.1. The SMILES string of the molecule is CCCc1nc(CSc2nnc(-c3c[nH]c4ccccc34)n2-c2ccccc2C)no1. The van der Waals surface area contributed by atoms with Crippen LogP contribution in [-0.2, 0) is 12.2 Å². The van der Waals surface area contributed by atoms with Crippen molar-refractivity contribution >= 4 is 22.7 Å². The fraction of sp³-hybridized carbons (Fsp3) is 0.217. The fourth-order valence-corrected chi connectivity index (χ4v) is 4.41. The van der Waals surface area contributed by atoms with Crippen LogP contribution in [0.1, 0.15) is 30.6 Å². The molecule has 0 aliphatic heterocycles. The molecule has 1 N–H and O–H groups in total. The van der Waals surface area contributed by atoms with E-state index in [1.165, 1.54) is 0 Å². The molecule has 3 aromatic heterocycles. The quantitative estimate of drug-likeness (QED) is 0.350. The molecule has 7 nitrogen and oxygen atoms in total. The number of para-hydroxylation sites is 2. The first-order valence-corrected chi connectivity index (χ1v) is 11.3. The highest BCUT2D eigenvalue weighted by Crippen LogP contribution is 2.34. The van der Waals surface area contributed by atoms with E-state index in [2.05, 4.69) is 68.0 Å². The third-order valence-electron chi connectivity index (χ3n) is 5.12. The van der Waals surface area contributed by atoms with Gasteiger partial charge < -0.3 is 9.51 Å². The number of rotatable bonds is 7. The molecule has 0 unspecified atom stereocenters. The number of hydrogen-bond donors (Lipinski definition) is 1. The summed E-state index contributed by atoms with van der Waals surface area (Å²) in [6, 6.07) is 16.5. The number of benzene rings is 2. The van der Waals surface area contributed by atoms with Crippen LogP contribution in [-0.4, -0.2) is 29.9 Å². The zero-order valence-electron chi connectivity index (χ0n) is 17.4. The monoisotopic (exact) mass is 430 g/mol. The number of thioether (sulfide) groups is 1. The molecule has 5 aromatic rings. The molecular formula is C23H22N6OS. The van der Waals surface area contributed by atoms with Crippen LogP contribution >= 0.6 is 11.8 Å². The van der Waals surface area contributed by atoms with Gasteiger partial charge in [0.05, 0.1) is 11.4 Å². The van der Waals surface area contributed by atoms with E-state index in [9.17, 15) is 0 Å². The smallest absolute Gasteiger partial charge is 0.226 e. The van der Waals surface area contributed by atoms with Crippen LogP contribution < -0.4 is 0 Å². The van der Waals surface area contributed by atoms with Gasteiger partial charge in [0, 0.05) is 29.1 Å². The van der Waals surface area contributed by atoms with Gasteiger partial charge in [-0.2, -0.15) is 4.98 Å². The van der Waals surface area contributed by atoms with E-state index >= 15 is 0 Å². The molecule has 0 saturated carbocycles. The number of aromatic amines is 1. The molecule has 156 valence electrons. The Hall–Kier alpha value is -3.39. The molecule has 31 heavy (non-hydrogen) atoms. The van der Waals surface area contributed by atoms with Crippen LogP contribution in [0.3, 0.4) is 0 Å². The second-order valence-electron chi connectivity index (χ2n) is 7.32. The van der Waals surface area contributed by atoms with E-state index in [1.807, 2.05) is 30.5 Å². The van der Waals surface area contributed by atoms with Gasteiger partial charge in [-0.25, -0.2) is 0 Å². The molecule has 0 atom stereocenters. The molecular weight excluding hydrogens is 408 g/mol. The van der Waals surface area contributed by atoms with Gasteiger partial charge in [-0.05, 0) is 31.0 Å². The minimum atomic E-state index is 0.561. The first kappa shape index (κ1) is 19.6. The van der Waals surface area contributed by atoms with Crippen molar-refractivity contribution in [2.24, 2.45) is 0 Å². The maximum atomic E-state index is 5.32. The van der Waals surface area contributed by atoms with Crippen LogP contribution in [0.4, 0.5) is 0 Å². The average molecular weight is 431 g/mol. The number of H-pyrrole nitrogens is 1. The Labute approximate surface area is 183 Å². The normalized spacial score (nSPS) is 11.4. The summed E-state index contributed by atoms with van der Waals surface area (Å²) in [5.41, 5.74) is 4.29. The second kappa shape index (κ2) is 8.39. The Morgan fingerprint density at radius 3 is 2.77 bits per heavy atom. The van der Waals surface area contributed by atoms with Crippen molar-refractivity contribution in [3.63, 3.8) is 0 Å². The maximum absolute atomic E-state index is 5.32. The highest BCUT2D eigenvalue weighted by Gasteiger charge is 2.20. The summed E-state index contributed by atoms with van der Waals surface area (Å²) in [5.74, 6) is 2.71. The average Bonchev–Trinajstić information content (AvgIpc) is 3.51. The molecule has 0 radical (unpaired) electrons.